The number of rotatable bonds is 4. The van der Waals surface area contributed by atoms with Gasteiger partial charge in [0.2, 0.25) is 5.91 Å². The maximum Gasteiger partial charge on any atom is 0.219 e. The highest BCUT2D eigenvalue weighted by Gasteiger charge is 2.20. The predicted octanol–water partition coefficient (Wildman–Crippen LogP) is 1.21. The minimum atomic E-state index is -0.452. The number of nitrogen functional groups attached to an aromatic ring is 1. The highest BCUT2D eigenvalue weighted by molar-refractivity contribution is 5.76. The lowest BCUT2D eigenvalue weighted by atomic mass is 9.99. The van der Waals surface area contributed by atoms with Crippen LogP contribution in [0.25, 0.3) is 0 Å². The molecule has 1 aromatic carbocycles. The summed E-state index contributed by atoms with van der Waals surface area (Å²) in [6.45, 7) is 3.73. The van der Waals surface area contributed by atoms with Crippen LogP contribution in [-0.4, -0.2) is 11.4 Å². The van der Waals surface area contributed by atoms with Crippen molar-refractivity contribution >= 4 is 17.3 Å². The zero-order chi connectivity index (χ0) is 13.1. The van der Waals surface area contributed by atoms with Crippen molar-refractivity contribution in [1.29, 1.82) is 5.26 Å². The van der Waals surface area contributed by atoms with Crippen LogP contribution in [0, 0.1) is 11.3 Å². The van der Waals surface area contributed by atoms with Crippen molar-refractivity contribution in [3.63, 3.8) is 0 Å². The van der Waals surface area contributed by atoms with Gasteiger partial charge in [-0.2, -0.15) is 5.26 Å². The van der Waals surface area contributed by atoms with E-state index < -0.39 is 5.54 Å². The van der Waals surface area contributed by atoms with Gasteiger partial charge in [-0.15, -0.1) is 0 Å². The molecule has 5 nitrogen and oxygen atoms in total. The van der Waals surface area contributed by atoms with Crippen molar-refractivity contribution in [2.45, 2.75) is 25.8 Å². The van der Waals surface area contributed by atoms with Crippen LogP contribution in [0.1, 0.15) is 25.8 Å². The van der Waals surface area contributed by atoms with Crippen molar-refractivity contribution in [3.8, 4) is 6.07 Å². The standard InChI is InChI=1S/C12H16N4O/c1-12(2,6-11(15)17)16-9-4-3-8(7-13)10(14)5-9/h3-5,16H,6,14H2,1-2H3,(H2,15,17). The van der Waals surface area contributed by atoms with Crippen LogP contribution in [-0.2, 0) is 4.79 Å². The molecule has 5 heteroatoms. The molecule has 0 bridgehead atoms. The van der Waals surface area contributed by atoms with Gasteiger partial charge in [0.1, 0.15) is 6.07 Å². The molecule has 0 heterocycles. The highest BCUT2D eigenvalue weighted by atomic mass is 16.1. The lowest BCUT2D eigenvalue weighted by Gasteiger charge is -2.26. The predicted molar refractivity (Wildman–Crippen MR) is 67.1 cm³/mol. The number of anilines is 2. The molecule has 0 spiro atoms. The summed E-state index contributed by atoms with van der Waals surface area (Å²) < 4.78 is 0. The number of carbonyl (C=O) groups excluding carboxylic acids is 1. The number of nitrogens with zero attached hydrogens (tertiary/aromatic N) is 1. The largest absolute Gasteiger partial charge is 0.398 e. The first kappa shape index (κ1) is 12.8. The van der Waals surface area contributed by atoms with Gasteiger partial charge in [0, 0.05) is 17.6 Å². The molecule has 0 saturated heterocycles. The van der Waals surface area contributed by atoms with Crippen molar-refractivity contribution < 1.29 is 4.79 Å². The van der Waals surface area contributed by atoms with Crippen LogP contribution in [0.4, 0.5) is 11.4 Å². The maximum atomic E-state index is 10.9. The quantitative estimate of drug-likeness (QED) is 0.678. The molecule has 0 aromatic heterocycles. The first-order valence-corrected chi connectivity index (χ1v) is 5.20. The summed E-state index contributed by atoms with van der Waals surface area (Å²) >= 11 is 0. The van der Waals surface area contributed by atoms with Gasteiger partial charge < -0.3 is 16.8 Å². The maximum absolute atomic E-state index is 10.9. The van der Waals surface area contributed by atoms with E-state index in [2.05, 4.69) is 5.32 Å². The first-order chi connectivity index (χ1) is 7.84. The van der Waals surface area contributed by atoms with Gasteiger partial charge in [0.25, 0.3) is 0 Å². The molecule has 0 fully saturated rings. The van der Waals surface area contributed by atoms with E-state index in [1.807, 2.05) is 19.9 Å². The Morgan fingerprint density at radius 3 is 2.65 bits per heavy atom. The summed E-state index contributed by atoms with van der Waals surface area (Å²) in [5, 5.41) is 11.9. The number of nitrogens with two attached hydrogens (primary N) is 2. The van der Waals surface area contributed by atoms with Crippen molar-refractivity contribution in [2.24, 2.45) is 5.73 Å². The third kappa shape index (κ3) is 3.68. The van der Waals surface area contributed by atoms with Crippen LogP contribution >= 0.6 is 0 Å². The molecule has 0 aliphatic rings. The SMILES string of the molecule is CC(C)(CC(N)=O)Nc1ccc(C#N)c(N)c1. The van der Waals surface area contributed by atoms with Gasteiger partial charge in [-0.05, 0) is 32.0 Å². The van der Waals surface area contributed by atoms with Gasteiger partial charge in [0.15, 0.2) is 0 Å². The Morgan fingerprint density at radius 2 is 2.18 bits per heavy atom. The molecule has 90 valence electrons. The summed E-state index contributed by atoms with van der Waals surface area (Å²) in [4.78, 5) is 10.9. The Kier molecular flexibility index (Phi) is 3.59. The van der Waals surface area contributed by atoms with Crippen LogP contribution in [0.5, 0.6) is 0 Å². The number of hydrogen-bond acceptors (Lipinski definition) is 4. The molecule has 17 heavy (non-hydrogen) atoms. The average Bonchev–Trinajstić information content (AvgIpc) is 2.14. The second-order valence-electron chi connectivity index (χ2n) is 4.57. The van der Waals surface area contributed by atoms with Gasteiger partial charge >= 0.3 is 0 Å². The minimum Gasteiger partial charge on any atom is -0.398 e. The topological polar surface area (TPSA) is 105 Å². The fourth-order valence-electron chi connectivity index (χ4n) is 1.61. The number of nitriles is 1. The van der Waals surface area contributed by atoms with Crippen LogP contribution in [0.3, 0.4) is 0 Å². The molecule has 0 unspecified atom stereocenters. The number of carbonyl (C=O) groups is 1. The number of primary amides is 1. The van der Waals surface area contributed by atoms with Crippen LogP contribution < -0.4 is 16.8 Å². The van der Waals surface area contributed by atoms with Crippen LogP contribution in [0.2, 0.25) is 0 Å². The summed E-state index contributed by atoms with van der Waals surface area (Å²) in [5.41, 5.74) is 12.0. The second-order valence-corrected chi connectivity index (χ2v) is 4.57. The Balaban J connectivity index is 2.86. The Bertz CT molecular complexity index is 474. The summed E-state index contributed by atoms with van der Waals surface area (Å²) in [6, 6.07) is 7.04. The Labute approximate surface area is 100 Å². The van der Waals surface area contributed by atoms with Crippen LogP contribution in [0.15, 0.2) is 18.2 Å². The fraction of sp³-hybridized carbons (Fsp3) is 0.333. The molecule has 5 N–H and O–H groups in total. The Morgan fingerprint density at radius 1 is 1.53 bits per heavy atom. The molecule has 1 amide bonds. The van der Waals surface area contributed by atoms with E-state index in [1.54, 1.807) is 18.2 Å². The van der Waals surface area contributed by atoms with E-state index in [9.17, 15) is 4.79 Å². The molecular weight excluding hydrogens is 216 g/mol. The minimum absolute atomic E-state index is 0.215. The first-order valence-electron chi connectivity index (χ1n) is 5.20. The number of benzene rings is 1. The summed E-state index contributed by atoms with van der Waals surface area (Å²) in [6.07, 6.45) is 0.215. The Hall–Kier alpha value is -2.22. The lowest BCUT2D eigenvalue weighted by Crippen LogP contribution is -2.36. The van der Waals surface area contributed by atoms with E-state index in [1.165, 1.54) is 0 Å². The van der Waals surface area contributed by atoms with Crippen molar-refractivity contribution in [2.75, 3.05) is 11.1 Å². The smallest absolute Gasteiger partial charge is 0.219 e. The third-order valence-electron chi connectivity index (χ3n) is 2.27. The molecule has 0 aliphatic carbocycles. The summed E-state index contributed by atoms with van der Waals surface area (Å²) in [5.74, 6) is -0.371. The molecule has 0 atom stereocenters. The number of amides is 1. The van der Waals surface area contributed by atoms with E-state index in [0.717, 1.165) is 5.69 Å². The van der Waals surface area contributed by atoms with E-state index >= 15 is 0 Å². The summed E-state index contributed by atoms with van der Waals surface area (Å²) in [7, 11) is 0. The van der Waals surface area contributed by atoms with Crippen molar-refractivity contribution in [1.82, 2.24) is 0 Å². The number of nitrogens with one attached hydrogen (secondary N) is 1. The fourth-order valence-corrected chi connectivity index (χ4v) is 1.61. The van der Waals surface area contributed by atoms with Gasteiger partial charge in [-0.1, -0.05) is 0 Å². The van der Waals surface area contributed by atoms with E-state index in [-0.39, 0.29) is 12.3 Å². The van der Waals surface area contributed by atoms with E-state index in [0.29, 0.717) is 11.3 Å². The zero-order valence-electron chi connectivity index (χ0n) is 9.95. The lowest BCUT2D eigenvalue weighted by molar-refractivity contribution is -0.118. The molecule has 0 aliphatic heterocycles. The van der Waals surface area contributed by atoms with Crippen molar-refractivity contribution in [3.05, 3.63) is 23.8 Å². The molecule has 1 aromatic rings. The third-order valence-corrected chi connectivity index (χ3v) is 2.27. The second kappa shape index (κ2) is 4.74. The molecule has 1 rings (SSSR count). The highest BCUT2D eigenvalue weighted by Crippen LogP contribution is 2.22. The molecule has 0 radical (unpaired) electrons. The molecular formula is C12H16N4O. The molecule has 0 saturated carbocycles. The van der Waals surface area contributed by atoms with Gasteiger partial charge in [-0.25, -0.2) is 0 Å². The van der Waals surface area contributed by atoms with Gasteiger partial charge in [0.05, 0.1) is 11.3 Å². The number of hydrogen-bond donors (Lipinski definition) is 3. The van der Waals surface area contributed by atoms with E-state index in [4.69, 9.17) is 16.7 Å². The monoisotopic (exact) mass is 232 g/mol. The van der Waals surface area contributed by atoms with Gasteiger partial charge in [-0.3, -0.25) is 4.79 Å². The zero-order valence-corrected chi connectivity index (χ0v) is 9.95. The average molecular weight is 232 g/mol. The normalized spacial score (nSPS) is 10.6.